The van der Waals surface area contributed by atoms with Gasteiger partial charge in [0.05, 0.1) is 6.10 Å². The Morgan fingerprint density at radius 3 is 2.89 bits per heavy atom. The second-order valence-electron chi connectivity index (χ2n) is 6.19. The van der Waals surface area contributed by atoms with Crippen LogP contribution in [-0.4, -0.2) is 23.9 Å². The lowest BCUT2D eigenvalue weighted by molar-refractivity contribution is -0.0923. The van der Waals surface area contributed by atoms with E-state index in [4.69, 9.17) is 4.74 Å². The molecule has 3 heteroatoms. The van der Waals surface area contributed by atoms with Crippen molar-refractivity contribution in [2.24, 2.45) is 11.3 Å². The second-order valence-corrected chi connectivity index (χ2v) is 6.19. The maximum Gasteiger partial charge on any atom is 0.118 e. The van der Waals surface area contributed by atoms with Crippen molar-refractivity contribution < 1.29 is 9.84 Å². The number of aryl methyl sites for hydroxylation is 1. The minimum atomic E-state index is 0.187. The van der Waals surface area contributed by atoms with Crippen LogP contribution in [-0.2, 0) is 4.74 Å². The summed E-state index contributed by atoms with van der Waals surface area (Å²) >= 11 is 0. The topological polar surface area (TPSA) is 41.5 Å². The van der Waals surface area contributed by atoms with Gasteiger partial charge in [-0.3, -0.25) is 0 Å². The van der Waals surface area contributed by atoms with Crippen LogP contribution < -0.4 is 5.32 Å². The molecule has 0 aromatic heterocycles. The molecule has 0 spiro atoms. The summed E-state index contributed by atoms with van der Waals surface area (Å²) in [6, 6.07) is 6.18. The smallest absolute Gasteiger partial charge is 0.118 e. The standard InChI is InChI=1S/C15H21NO2/c1-9-8-10(4-5-12(9)17)16-13-11-6-7-18-14(11)15(13,2)3/h4-5,8,11,13-14,16-17H,6-7H2,1-3H3. The van der Waals surface area contributed by atoms with E-state index in [2.05, 4.69) is 19.2 Å². The predicted octanol–water partition coefficient (Wildman–Crippen LogP) is 2.93. The van der Waals surface area contributed by atoms with Gasteiger partial charge >= 0.3 is 0 Å². The maximum atomic E-state index is 9.55. The third-order valence-corrected chi connectivity index (χ3v) is 4.62. The Bertz CT molecular complexity index is 470. The molecular formula is C15H21NO2. The SMILES string of the molecule is Cc1cc(NC2C3CCOC3C2(C)C)ccc1O. The molecule has 1 aromatic carbocycles. The lowest BCUT2D eigenvalue weighted by atomic mass is 9.57. The van der Waals surface area contributed by atoms with Gasteiger partial charge < -0.3 is 15.2 Å². The van der Waals surface area contributed by atoms with Crippen LogP contribution in [0.4, 0.5) is 5.69 Å². The van der Waals surface area contributed by atoms with Crippen LogP contribution in [0.15, 0.2) is 18.2 Å². The number of phenolic OH excluding ortho intramolecular Hbond substituents is 1. The molecule has 98 valence electrons. The van der Waals surface area contributed by atoms with Gasteiger partial charge in [0.1, 0.15) is 5.75 Å². The van der Waals surface area contributed by atoms with Crippen molar-refractivity contribution in [3.63, 3.8) is 0 Å². The number of benzene rings is 1. The van der Waals surface area contributed by atoms with Crippen molar-refractivity contribution in [2.75, 3.05) is 11.9 Å². The summed E-state index contributed by atoms with van der Waals surface area (Å²) in [4.78, 5) is 0. The number of phenols is 1. The first-order valence-corrected chi connectivity index (χ1v) is 6.68. The summed E-state index contributed by atoms with van der Waals surface area (Å²) in [6.45, 7) is 7.36. The van der Waals surface area contributed by atoms with Crippen LogP contribution in [0.1, 0.15) is 25.8 Å². The Morgan fingerprint density at radius 2 is 2.17 bits per heavy atom. The van der Waals surface area contributed by atoms with E-state index in [0.29, 0.717) is 23.8 Å². The zero-order chi connectivity index (χ0) is 12.9. The molecule has 1 aliphatic carbocycles. The molecule has 0 amide bonds. The Hall–Kier alpha value is -1.22. The summed E-state index contributed by atoms with van der Waals surface area (Å²) in [5.74, 6) is 0.990. The number of hydrogen-bond acceptors (Lipinski definition) is 3. The molecule has 1 aliphatic heterocycles. The number of aromatic hydroxyl groups is 1. The minimum absolute atomic E-state index is 0.187. The molecule has 3 atom stereocenters. The third-order valence-electron chi connectivity index (χ3n) is 4.62. The molecule has 3 unspecified atom stereocenters. The highest BCUT2D eigenvalue weighted by Crippen LogP contribution is 2.53. The molecule has 0 bridgehead atoms. The van der Waals surface area contributed by atoms with Crippen LogP contribution in [0, 0.1) is 18.3 Å². The Balaban J connectivity index is 1.78. The minimum Gasteiger partial charge on any atom is -0.508 e. The summed E-state index contributed by atoms with van der Waals surface area (Å²) in [6.07, 6.45) is 1.57. The van der Waals surface area contributed by atoms with E-state index in [-0.39, 0.29) is 5.41 Å². The highest BCUT2D eigenvalue weighted by atomic mass is 16.5. The largest absolute Gasteiger partial charge is 0.508 e. The number of ether oxygens (including phenoxy) is 1. The molecule has 1 saturated heterocycles. The summed E-state index contributed by atoms with van der Waals surface area (Å²) in [5, 5.41) is 13.2. The van der Waals surface area contributed by atoms with Gasteiger partial charge in [0.2, 0.25) is 0 Å². The number of fused-ring (bicyclic) bond motifs is 1. The molecule has 18 heavy (non-hydrogen) atoms. The van der Waals surface area contributed by atoms with Gasteiger partial charge in [0.25, 0.3) is 0 Å². The average molecular weight is 247 g/mol. The molecule has 3 rings (SSSR count). The lowest BCUT2D eigenvalue weighted by Crippen LogP contribution is -2.63. The van der Waals surface area contributed by atoms with Gasteiger partial charge in [0, 0.05) is 29.7 Å². The van der Waals surface area contributed by atoms with E-state index in [1.807, 2.05) is 19.1 Å². The van der Waals surface area contributed by atoms with Gasteiger partial charge in [-0.2, -0.15) is 0 Å². The highest BCUT2D eigenvalue weighted by molar-refractivity contribution is 5.52. The van der Waals surface area contributed by atoms with Gasteiger partial charge in [-0.25, -0.2) is 0 Å². The van der Waals surface area contributed by atoms with Crippen LogP contribution in [0.2, 0.25) is 0 Å². The number of nitrogens with one attached hydrogen (secondary N) is 1. The van der Waals surface area contributed by atoms with Crippen molar-refractivity contribution in [2.45, 2.75) is 39.3 Å². The normalized spacial score (nSPS) is 32.7. The van der Waals surface area contributed by atoms with Crippen molar-refractivity contribution in [3.05, 3.63) is 23.8 Å². The first-order chi connectivity index (χ1) is 8.50. The van der Waals surface area contributed by atoms with Crippen LogP contribution in [0.5, 0.6) is 5.75 Å². The molecule has 1 saturated carbocycles. The van der Waals surface area contributed by atoms with Crippen LogP contribution in [0.3, 0.4) is 0 Å². The monoisotopic (exact) mass is 247 g/mol. The van der Waals surface area contributed by atoms with Gasteiger partial charge in [-0.05, 0) is 37.1 Å². The van der Waals surface area contributed by atoms with Crippen LogP contribution in [0.25, 0.3) is 0 Å². The van der Waals surface area contributed by atoms with E-state index in [1.54, 1.807) is 6.07 Å². The van der Waals surface area contributed by atoms with Gasteiger partial charge in [0.15, 0.2) is 0 Å². The molecule has 0 radical (unpaired) electrons. The van der Waals surface area contributed by atoms with Gasteiger partial charge in [-0.1, -0.05) is 13.8 Å². The van der Waals surface area contributed by atoms with E-state index < -0.39 is 0 Å². The Kier molecular flexibility index (Phi) is 2.56. The predicted molar refractivity (Wildman–Crippen MR) is 71.9 cm³/mol. The second kappa shape index (κ2) is 3.89. The molecule has 1 aromatic rings. The fraction of sp³-hybridized carbons (Fsp3) is 0.600. The average Bonchev–Trinajstić information content (AvgIpc) is 2.77. The molecular weight excluding hydrogens is 226 g/mol. The molecule has 2 fully saturated rings. The number of rotatable bonds is 2. The summed E-state index contributed by atoms with van der Waals surface area (Å²) in [7, 11) is 0. The van der Waals surface area contributed by atoms with E-state index in [0.717, 1.165) is 24.3 Å². The summed E-state index contributed by atoms with van der Waals surface area (Å²) < 4.78 is 5.80. The van der Waals surface area contributed by atoms with E-state index >= 15 is 0 Å². The van der Waals surface area contributed by atoms with Crippen molar-refractivity contribution in [1.29, 1.82) is 0 Å². The Labute approximate surface area is 108 Å². The van der Waals surface area contributed by atoms with Crippen molar-refractivity contribution in [3.8, 4) is 5.75 Å². The van der Waals surface area contributed by atoms with E-state index in [1.165, 1.54) is 0 Å². The highest BCUT2D eigenvalue weighted by Gasteiger charge is 2.59. The molecule has 1 heterocycles. The fourth-order valence-electron chi connectivity index (χ4n) is 3.54. The number of anilines is 1. The summed E-state index contributed by atoms with van der Waals surface area (Å²) in [5.41, 5.74) is 2.19. The van der Waals surface area contributed by atoms with Gasteiger partial charge in [-0.15, -0.1) is 0 Å². The van der Waals surface area contributed by atoms with E-state index in [9.17, 15) is 5.11 Å². The molecule has 2 N–H and O–H groups in total. The van der Waals surface area contributed by atoms with Crippen molar-refractivity contribution >= 4 is 5.69 Å². The zero-order valence-corrected chi connectivity index (χ0v) is 11.2. The Morgan fingerprint density at radius 1 is 1.39 bits per heavy atom. The van der Waals surface area contributed by atoms with Crippen molar-refractivity contribution in [1.82, 2.24) is 0 Å². The first kappa shape index (κ1) is 11.8. The molecule has 3 nitrogen and oxygen atoms in total. The van der Waals surface area contributed by atoms with Crippen LogP contribution >= 0.6 is 0 Å². The molecule has 2 aliphatic rings. The fourth-order valence-corrected chi connectivity index (χ4v) is 3.54. The maximum absolute atomic E-state index is 9.55. The first-order valence-electron chi connectivity index (χ1n) is 6.68. The quantitative estimate of drug-likeness (QED) is 0.790. The number of hydrogen-bond donors (Lipinski definition) is 2. The zero-order valence-electron chi connectivity index (χ0n) is 11.2. The lowest BCUT2D eigenvalue weighted by Gasteiger charge is -2.55. The third kappa shape index (κ3) is 1.61.